The van der Waals surface area contributed by atoms with Crippen molar-refractivity contribution in [1.82, 2.24) is 0 Å². The monoisotopic (exact) mass is 151 g/mol. The SMILES string of the molecule is CC1C=C(C(C)C2(N)CC2)C1. The second-order valence-corrected chi connectivity index (χ2v) is 4.38. The zero-order chi connectivity index (χ0) is 8.06. The highest BCUT2D eigenvalue weighted by Gasteiger charge is 2.45. The zero-order valence-electron chi connectivity index (χ0n) is 7.43. The molecule has 0 aliphatic heterocycles. The summed E-state index contributed by atoms with van der Waals surface area (Å²) >= 11 is 0. The summed E-state index contributed by atoms with van der Waals surface area (Å²) in [6, 6.07) is 0. The summed E-state index contributed by atoms with van der Waals surface area (Å²) in [4.78, 5) is 0. The molecular weight excluding hydrogens is 134 g/mol. The lowest BCUT2D eigenvalue weighted by molar-refractivity contribution is 0.441. The number of allylic oxidation sites excluding steroid dienone is 1. The summed E-state index contributed by atoms with van der Waals surface area (Å²) in [7, 11) is 0. The van der Waals surface area contributed by atoms with E-state index in [1.165, 1.54) is 19.3 Å². The molecule has 11 heavy (non-hydrogen) atoms. The first-order chi connectivity index (χ1) is 5.12. The summed E-state index contributed by atoms with van der Waals surface area (Å²) in [5.41, 5.74) is 7.91. The van der Waals surface area contributed by atoms with Crippen molar-refractivity contribution in [1.29, 1.82) is 0 Å². The molecule has 2 aliphatic carbocycles. The molecule has 1 fully saturated rings. The molecule has 0 aromatic carbocycles. The maximum absolute atomic E-state index is 6.11. The fourth-order valence-electron chi connectivity index (χ4n) is 1.97. The van der Waals surface area contributed by atoms with Crippen LogP contribution in [0.4, 0.5) is 0 Å². The third kappa shape index (κ3) is 1.12. The Morgan fingerprint density at radius 2 is 2.18 bits per heavy atom. The van der Waals surface area contributed by atoms with E-state index in [2.05, 4.69) is 19.9 Å². The van der Waals surface area contributed by atoms with E-state index in [9.17, 15) is 0 Å². The fraction of sp³-hybridized carbons (Fsp3) is 0.800. The topological polar surface area (TPSA) is 26.0 Å². The van der Waals surface area contributed by atoms with Crippen molar-refractivity contribution in [3.8, 4) is 0 Å². The zero-order valence-corrected chi connectivity index (χ0v) is 7.43. The molecule has 2 atom stereocenters. The lowest BCUT2D eigenvalue weighted by Crippen LogP contribution is -2.34. The van der Waals surface area contributed by atoms with Gasteiger partial charge >= 0.3 is 0 Å². The first kappa shape index (κ1) is 7.35. The highest BCUT2D eigenvalue weighted by Crippen LogP contribution is 2.46. The highest BCUT2D eigenvalue weighted by molar-refractivity contribution is 5.25. The minimum atomic E-state index is 0.200. The average Bonchev–Trinajstić information content (AvgIpc) is 2.61. The van der Waals surface area contributed by atoms with Crippen LogP contribution >= 0.6 is 0 Å². The second-order valence-electron chi connectivity index (χ2n) is 4.38. The van der Waals surface area contributed by atoms with E-state index < -0.39 is 0 Å². The summed E-state index contributed by atoms with van der Waals surface area (Å²) in [5, 5.41) is 0. The molecule has 2 rings (SSSR count). The van der Waals surface area contributed by atoms with E-state index >= 15 is 0 Å². The minimum absolute atomic E-state index is 0.200. The van der Waals surface area contributed by atoms with Crippen molar-refractivity contribution in [3.63, 3.8) is 0 Å². The van der Waals surface area contributed by atoms with Gasteiger partial charge in [0.25, 0.3) is 0 Å². The van der Waals surface area contributed by atoms with Gasteiger partial charge in [0.2, 0.25) is 0 Å². The van der Waals surface area contributed by atoms with Crippen LogP contribution in [0.1, 0.15) is 33.1 Å². The van der Waals surface area contributed by atoms with Gasteiger partial charge in [0.15, 0.2) is 0 Å². The third-order valence-corrected chi connectivity index (χ3v) is 3.30. The smallest absolute Gasteiger partial charge is 0.0219 e. The predicted octanol–water partition coefficient (Wildman–Crippen LogP) is 2.08. The van der Waals surface area contributed by atoms with E-state index in [0.29, 0.717) is 5.92 Å². The van der Waals surface area contributed by atoms with Crippen molar-refractivity contribution >= 4 is 0 Å². The molecule has 0 radical (unpaired) electrons. The molecule has 1 nitrogen and oxygen atoms in total. The van der Waals surface area contributed by atoms with Crippen LogP contribution in [-0.4, -0.2) is 5.54 Å². The van der Waals surface area contributed by atoms with Crippen LogP contribution in [0.25, 0.3) is 0 Å². The van der Waals surface area contributed by atoms with Crippen LogP contribution in [-0.2, 0) is 0 Å². The van der Waals surface area contributed by atoms with E-state index in [4.69, 9.17) is 5.73 Å². The van der Waals surface area contributed by atoms with E-state index in [1.807, 2.05) is 0 Å². The van der Waals surface area contributed by atoms with Gasteiger partial charge in [-0.3, -0.25) is 0 Å². The summed E-state index contributed by atoms with van der Waals surface area (Å²) < 4.78 is 0. The summed E-state index contributed by atoms with van der Waals surface area (Å²) in [6.07, 6.45) is 6.15. The fourth-order valence-corrected chi connectivity index (χ4v) is 1.97. The largest absolute Gasteiger partial charge is 0.325 e. The molecule has 62 valence electrons. The van der Waals surface area contributed by atoms with Crippen LogP contribution in [0.5, 0.6) is 0 Å². The highest BCUT2D eigenvalue weighted by atomic mass is 14.8. The van der Waals surface area contributed by atoms with Gasteiger partial charge in [0, 0.05) is 5.54 Å². The summed E-state index contributed by atoms with van der Waals surface area (Å²) in [6.45, 7) is 4.55. The summed E-state index contributed by atoms with van der Waals surface area (Å²) in [5.74, 6) is 1.47. The first-order valence-corrected chi connectivity index (χ1v) is 4.61. The normalized spacial score (nSPS) is 35.5. The molecule has 0 aromatic rings. The number of hydrogen-bond donors (Lipinski definition) is 1. The molecule has 0 bridgehead atoms. The van der Waals surface area contributed by atoms with Crippen LogP contribution in [0.15, 0.2) is 11.6 Å². The Bertz CT molecular complexity index is 201. The Labute approximate surface area is 68.7 Å². The van der Waals surface area contributed by atoms with Crippen LogP contribution in [0.3, 0.4) is 0 Å². The van der Waals surface area contributed by atoms with Crippen LogP contribution in [0, 0.1) is 11.8 Å². The molecule has 0 saturated heterocycles. The maximum Gasteiger partial charge on any atom is 0.0219 e. The van der Waals surface area contributed by atoms with Crippen molar-refractivity contribution in [2.75, 3.05) is 0 Å². The Morgan fingerprint density at radius 3 is 2.55 bits per heavy atom. The molecule has 2 unspecified atom stereocenters. The average molecular weight is 151 g/mol. The van der Waals surface area contributed by atoms with E-state index in [0.717, 1.165) is 5.92 Å². The van der Waals surface area contributed by atoms with Crippen LogP contribution in [0.2, 0.25) is 0 Å². The Hall–Kier alpha value is -0.300. The van der Waals surface area contributed by atoms with Gasteiger partial charge in [-0.2, -0.15) is 0 Å². The third-order valence-electron chi connectivity index (χ3n) is 3.30. The molecule has 1 saturated carbocycles. The Balaban J connectivity index is 2.01. The molecular formula is C10H17N. The maximum atomic E-state index is 6.11. The minimum Gasteiger partial charge on any atom is -0.325 e. The molecule has 1 heteroatoms. The Morgan fingerprint density at radius 1 is 1.64 bits per heavy atom. The van der Waals surface area contributed by atoms with Gasteiger partial charge in [-0.25, -0.2) is 0 Å². The van der Waals surface area contributed by atoms with Gasteiger partial charge in [-0.05, 0) is 31.1 Å². The van der Waals surface area contributed by atoms with Crippen molar-refractivity contribution in [2.45, 2.75) is 38.6 Å². The predicted molar refractivity (Wildman–Crippen MR) is 47.2 cm³/mol. The van der Waals surface area contributed by atoms with Gasteiger partial charge in [-0.1, -0.05) is 25.5 Å². The standard InChI is InChI=1S/C10H17N/c1-7-5-9(6-7)8(2)10(11)3-4-10/h5,7-8H,3-4,6,11H2,1-2H3. The lowest BCUT2D eigenvalue weighted by atomic mass is 9.77. The van der Waals surface area contributed by atoms with Gasteiger partial charge < -0.3 is 5.73 Å². The number of hydrogen-bond acceptors (Lipinski definition) is 1. The van der Waals surface area contributed by atoms with Crippen molar-refractivity contribution in [3.05, 3.63) is 11.6 Å². The van der Waals surface area contributed by atoms with E-state index in [-0.39, 0.29) is 5.54 Å². The molecule has 0 aromatic heterocycles. The molecule has 0 amide bonds. The van der Waals surface area contributed by atoms with E-state index in [1.54, 1.807) is 5.57 Å². The molecule has 0 spiro atoms. The first-order valence-electron chi connectivity index (χ1n) is 4.61. The molecule has 2 aliphatic rings. The van der Waals surface area contributed by atoms with Crippen molar-refractivity contribution < 1.29 is 0 Å². The van der Waals surface area contributed by atoms with Crippen LogP contribution < -0.4 is 5.73 Å². The lowest BCUT2D eigenvalue weighted by Gasteiger charge is -2.30. The van der Waals surface area contributed by atoms with Crippen molar-refractivity contribution in [2.24, 2.45) is 17.6 Å². The second kappa shape index (κ2) is 2.10. The molecule has 0 heterocycles. The van der Waals surface area contributed by atoms with Gasteiger partial charge in [0.1, 0.15) is 0 Å². The number of nitrogens with two attached hydrogens (primary N) is 1. The molecule has 2 N–H and O–H groups in total. The van der Waals surface area contributed by atoms with Gasteiger partial charge in [-0.15, -0.1) is 0 Å². The van der Waals surface area contributed by atoms with Gasteiger partial charge in [0.05, 0.1) is 0 Å². The quantitative estimate of drug-likeness (QED) is 0.601. The number of rotatable bonds is 2. The Kier molecular flexibility index (Phi) is 1.40.